The Kier molecular flexibility index (Phi) is 6.32. The van der Waals surface area contributed by atoms with Gasteiger partial charge in [0, 0.05) is 19.1 Å². The second-order valence-corrected chi connectivity index (χ2v) is 5.41. The number of nitrogens with one attached hydrogen (secondary N) is 1. The van der Waals surface area contributed by atoms with Crippen molar-refractivity contribution in [2.24, 2.45) is 5.92 Å². The predicted octanol–water partition coefficient (Wildman–Crippen LogP) is 1.26. The van der Waals surface area contributed by atoms with Crippen LogP contribution in [0.3, 0.4) is 0 Å². The van der Waals surface area contributed by atoms with Crippen LogP contribution in [0.25, 0.3) is 0 Å². The molecular formula is C13H29N3. The second kappa shape index (κ2) is 7.25. The number of hydrogen-bond donors (Lipinski definition) is 1. The van der Waals surface area contributed by atoms with Crippen molar-refractivity contribution in [1.29, 1.82) is 0 Å². The summed E-state index contributed by atoms with van der Waals surface area (Å²) in [6.07, 6.45) is 2.75. The van der Waals surface area contributed by atoms with Crippen LogP contribution < -0.4 is 5.32 Å². The molecule has 1 heterocycles. The van der Waals surface area contributed by atoms with Crippen molar-refractivity contribution in [1.82, 2.24) is 15.1 Å². The van der Waals surface area contributed by atoms with E-state index in [1.165, 1.54) is 39.0 Å². The summed E-state index contributed by atoms with van der Waals surface area (Å²) >= 11 is 0. The third-order valence-corrected chi connectivity index (χ3v) is 3.55. The maximum atomic E-state index is 3.51. The van der Waals surface area contributed by atoms with Gasteiger partial charge in [0.25, 0.3) is 0 Å². The Bertz CT molecular complexity index is 176. The van der Waals surface area contributed by atoms with Crippen LogP contribution in [0.5, 0.6) is 0 Å². The zero-order valence-electron chi connectivity index (χ0n) is 11.5. The van der Waals surface area contributed by atoms with Crippen LogP contribution in [0.2, 0.25) is 0 Å². The molecule has 2 unspecified atom stereocenters. The van der Waals surface area contributed by atoms with Crippen molar-refractivity contribution in [2.75, 3.05) is 46.8 Å². The highest BCUT2D eigenvalue weighted by Crippen LogP contribution is 2.13. The largest absolute Gasteiger partial charge is 0.316 e. The van der Waals surface area contributed by atoms with E-state index in [-0.39, 0.29) is 0 Å². The Labute approximate surface area is 101 Å². The van der Waals surface area contributed by atoms with E-state index in [0.717, 1.165) is 12.5 Å². The van der Waals surface area contributed by atoms with Crippen molar-refractivity contribution < 1.29 is 0 Å². The lowest BCUT2D eigenvalue weighted by molar-refractivity contribution is 0.146. The summed E-state index contributed by atoms with van der Waals surface area (Å²) in [6.45, 7) is 10.7. The molecule has 0 aromatic rings. The molecule has 16 heavy (non-hydrogen) atoms. The van der Waals surface area contributed by atoms with Crippen LogP contribution in [0, 0.1) is 5.92 Å². The molecule has 0 aromatic carbocycles. The highest BCUT2D eigenvalue weighted by Gasteiger charge is 2.19. The van der Waals surface area contributed by atoms with Crippen LogP contribution in [0.15, 0.2) is 0 Å². The van der Waals surface area contributed by atoms with Gasteiger partial charge in [-0.3, -0.25) is 4.90 Å². The van der Waals surface area contributed by atoms with Crippen LogP contribution in [-0.2, 0) is 0 Å². The van der Waals surface area contributed by atoms with Crippen LogP contribution in [-0.4, -0.2) is 62.7 Å². The van der Waals surface area contributed by atoms with Crippen molar-refractivity contribution in [3.8, 4) is 0 Å². The first-order valence-electron chi connectivity index (χ1n) is 6.73. The summed E-state index contributed by atoms with van der Waals surface area (Å²) in [5.41, 5.74) is 0. The molecule has 0 aromatic heterocycles. The van der Waals surface area contributed by atoms with Gasteiger partial charge in [0.1, 0.15) is 0 Å². The molecule has 1 aliphatic heterocycles. The fourth-order valence-electron chi connectivity index (χ4n) is 2.68. The third kappa shape index (κ3) is 4.81. The molecule has 1 aliphatic rings. The van der Waals surface area contributed by atoms with Gasteiger partial charge in [-0.25, -0.2) is 0 Å². The standard InChI is InChI=1S/C13H29N3/c1-5-16(12(2)10-15(3)4)11-13-7-6-8-14-9-13/h12-14H,5-11H2,1-4H3. The first-order chi connectivity index (χ1) is 7.63. The number of hydrogen-bond acceptors (Lipinski definition) is 3. The minimum atomic E-state index is 0.668. The van der Waals surface area contributed by atoms with E-state index in [2.05, 4.69) is 43.1 Å². The fraction of sp³-hybridized carbons (Fsp3) is 1.00. The summed E-state index contributed by atoms with van der Waals surface area (Å²) in [5, 5.41) is 3.51. The zero-order valence-corrected chi connectivity index (χ0v) is 11.5. The summed E-state index contributed by atoms with van der Waals surface area (Å²) in [4.78, 5) is 4.91. The molecule has 0 aliphatic carbocycles. The predicted molar refractivity (Wildman–Crippen MR) is 70.9 cm³/mol. The van der Waals surface area contributed by atoms with Crippen LogP contribution >= 0.6 is 0 Å². The fourth-order valence-corrected chi connectivity index (χ4v) is 2.68. The third-order valence-electron chi connectivity index (χ3n) is 3.55. The number of likely N-dealkylation sites (N-methyl/N-ethyl adjacent to an activating group) is 2. The van der Waals surface area contributed by atoms with Crippen molar-refractivity contribution in [3.05, 3.63) is 0 Å². The van der Waals surface area contributed by atoms with Gasteiger partial charge in [0.2, 0.25) is 0 Å². The highest BCUT2D eigenvalue weighted by molar-refractivity contribution is 4.76. The number of nitrogens with zero attached hydrogens (tertiary/aromatic N) is 2. The quantitative estimate of drug-likeness (QED) is 0.737. The summed E-state index contributed by atoms with van der Waals surface area (Å²) in [7, 11) is 4.32. The molecule has 1 fully saturated rings. The number of piperidine rings is 1. The SMILES string of the molecule is CCN(CC1CCCNC1)C(C)CN(C)C. The van der Waals surface area contributed by atoms with Crippen LogP contribution in [0.4, 0.5) is 0 Å². The molecule has 1 saturated heterocycles. The normalized spacial score (nSPS) is 24.0. The van der Waals surface area contributed by atoms with Gasteiger partial charge in [-0.1, -0.05) is 6.92 Å². The van der Waals surface area contributed by atoms with Crippen molar-refractivity contribution >= 4 is 0 Å². The lowest BCUT2D eigenvalue weighted by atomic mass is 9.98. The van der Waals surface area contributed by atoms with Gasteiger partial charge in [-0.15, -0.1) is 0 Å². The maximum Gasteiger partial charge on any atom is 0.0194 e. The summed E-state index contributed by atoms with van der Waals surface area (Å²) in [5.74, 6) is 0.860. The van der Waals surface area contributed by atoms with Crippen molar-refractivity contribution in [3.63, 3.8) is 0 Å². The van der Waals surface area contributed by atoms with Gasteiger partial charge in [0.15, 0.2) is 0 Å². The zero-order chi connectivity index (χ0) is 12.0. The van der Waals surface area contributed by atoms with E-state index < -0.39 is 0 Å². The van der Waals surface area contributed by atoms with Crippen LogP contribution in [0.1, 0.15) is 26.7 Å². The molecule has 0 spiro atoms. The lowest BCUT2D eigenvalue weighted by Crippen LogP contribution is -2.45. The molecular weight excluding hydrogens is 198 g/mol. The highest BCUT2D eigenvalue weighted by atomic mass is 15.2. The molecule has 1 N–H and O–H groups in total. The summed E-state index contributed by atoms with van der Waals surface area (Å²) in [6, 6.07) is 0.668. The first kappa shape index (κ1) is 13.9. The Morgan fingerprint density at radius 3 is 2.62 bits per heavy atom. The van der Waals surface area contributed by atoms with E-state index >= 15 is 0 Å². The van der Waals surface area contributed by atoms with E-state index in [1.54, 1.807) is 0 Å². The van der Waals surface area contributed by atoms with E-state index in [0.29, 0.717) is 6.04 Å². The Morgan fingerprint density at radius 2 is 2.12 bits per heavy atom. The Morgan fingerprint density at radius 1 is 1.38 bits per heavy atom. The van der Waals surface area contributed by atoms with E-state index in [4.69, 9.17) is 0 Å². The average molecular weight is 227 g/mol. The maximum absolute atomic E-state index is 3.51. The topological polar surface area (TPSA) is 18.5 Å². The second-order valence-electron chi connectivity index (χ2n) is 5.41. The molecule has 3 heteroatoms. The molecule has 0 radical (unpaired) electrons. The molecule has 0 amide bonds. The molecule has 96 valence electrons. The number of rotatable bonds is 6. The molecule has 1 rings (SSSR count). The van der Waals surface area contributed by atoms with Gasteiger partial charge in [-0.2, -0.15) is 0 Å². The van der Waals surface area contributed by atoms with E-state index in [1.807, 2.05) is 0 Å². The van der Waals surface area contributed by atoms with Crippen molar-refractivity contribution in [2.45, 2.75) is 32.7 Å². The minimum Gasteiger partial charge on any atom is -0.316 e. The minimum absolute atomic E-state index is 0.668. The smallest absolute Gasteiger partial charge is 0.0194 e. The van der Waals surface area contributed by atoms with Gasteiger partial charge in [-0.05, 0) is 59.4 Å². The van der Waals surface area contributed by atoms with Gasteiger partial charge >= 0.3 is 0 Å². The molecule has 3 nitrogen and oxygen atoms in total. The van der Waals surface area contributed by atoms with Gasteiger partial charge in [0.05, 0.1) is 0 Å². The lowest BCUT2D eigenvalue weighted by Gasteiger charge is -2.34. The monoisotopic (exact) mass is 227 g/mol. The Hall–Kier alpha value is -0.120. The van der Waals surface area contributed by atoms with Gasteiger partial charge < -0.3 is 10.2 Å². The molecule has 0 saturated carbocycles. The molecule has 2 atom stereocenters. The first-order valence-corrected chi connectivity index (χ1v) is 6.73. The Balaban J connectivity index is 2.34. The summed E-state index contributed by atoms with van der Waals surface area (Å²) < 4.78 is 0. The van der Waals surface area contributed by atoms with E-state index in [9.17, 15) is 0 Å². The average Bonchev–Trinajstić information content (AvgIpc) is 2.26. The molecule has 0 bridgehead atoms.